The number of rotatable bonds is 3. The van der Waals surface area contributed by atoms with E-state index in [1.54, 1.807) is 6.92 Å². The number of hydrogen-bond donors (Lipinski definition) is 1. The maximum absolute atomic E-state index is 11.8. The molecule has 24 heavy (non-hydrogen) atoms. The number of carbonyl (C=O) groups is 1. The smallest absolute Gasteiger partial charge is 0.408 e. The van der Waals surface area contributed by atoms with Gasteiger partial charge in [-0.3, -0.25) is 0 Å². The fraction of sp³-hybridized carbons (Fsp3) is 0.625. The number of carbonyl (C=O) groups excluding carboxylic acids is 1. The Bertz CT molecular complexity index is 715. The Kier molecular flexibility index (Phi) is 4.29. The monoisotopic (exact) mass is 333 g/mol. The van der Waals surface area contributed by atoms with E-state index in [2.05, 4.69) is 25.0 Å². The van der Waals surface area contributed by atoms with E-state index in [0.29, 0.717) is 11.7 Å². The minimum atomic E-state index is -0.544. The predicted molar refractivity (Wildman–Crippen MR) is 85.4 cm³/mol. The number of imidazole rings is 1. The lowest BCUT2D eigenvalue weighted by Crippen LogP contribution is -2.34. The summed E-state index contributed by atoms with van der Waals surface area (Å²) in [5.74, 6) is 1.24. The maximum Gasteiger partial charge on any atom is 0.408 e. The van der Waals surface area contributed by atoms with Gasteiger partial charge in [0.2, 0.25) is 5.89 Å². The fourth-order valence-electron chi connectivity index (χ4n) is 2.72. The largest absolute Gasteiger partial charge is 0.444 e. The van der Waals surface area contributed by atoms with Gasteiger partial charge in [0, 0.05) is 30.8 Å². The van der Waals surface area contributed by atoms with Gasteiger partial charge in [0.1, 0.15) is 5.60 Å². The van der Waals surface area contributed by atoms with E-state index in [4.69, 9.17) is 9.26 Å². The van der Waals surface area contributed by atoms with Crippen molar-refractivity contribution in [3.8, 4) is 0 Å². The summed E-state index contributed by atoms with van der Waals surface area (Å²) < 4.78 is 12.8. The van der Waals surface area contributed by atoms with E-state index in [-0.39, 0.29) is 12.0 Å². The van der Waals surface area contributed by atoms with Crippen LogP contribution in [0.4, 0.5) is 4.79 Å². The quantitative estimate of drug-likeness (QED) is 0.927. The van der Waals surface area contributed by atoms with Crippen LogP contribution in [0.3, 0.4) is 0 Å². The summed E-state index contributed by atoms with van der Waals surface area (Å²) in [4.78, 5) is 20.5. The second-order valence-corrected chi connectivity index (χ2v) is 7.13. The third-order valence-electron chi connectivity index (χ3n) is 3.90. The minimum Gasteiger partial charge on any atom is -0.444 e. The molecule has 0 fully saturated rings. The van der Waals surface area contributed by atoms with Crippen LogP contribution in [0.1, 0.15) is 63.5 Å². The van der Waals surface area contributed by atoms with Crippen LogP contribution in [-0.2, 0) is 17.7 Å². The zero-order valence-corrected chi connectivity index (χ0v) is 14.4. The van der Waals surface area contributed by atoms with Crippen LogP contribution in [0, 0.1) is 0 Å². The first kappa shape index (κ1) is 16.5. The number of ether oxygens (including phenoxy) is 1. The molecule has 3 rings (SSSR count). The van der Waals surface area contributed by atoms with Gasteiger partial charge < -0.3 is 19.1 Å². The molecule has 0 aromatic carbocycles. The van der Waals surface area contributed by atoms with Gasteiger partial charge in [-0.15, -0.1) is 0 Å². The van der Waals surface area contributed by atoms with E-state index in [1.165, 1.54) is 5.69 Å². The van der Waals surface area contributed by atoms with Crippen LogP contribution in [0.5, 0.6) is 0 Å². The van der Waals surface area contributed by atoms with Gasteiger partial charge in [-0.05, 0) is 34.1 Å². The Morgan fingerprint density at radius 2 is 2.29 bits per heavy atom. The van der Waals surface area contributed by atoms with Crippen LogP contribution < -0.4 is 5.32 Å². The molecule has 1 amide bonds. The molecule has 0 radical (unpaired) electrons. The number of aryl methyl sites for hydroxylation is 1. The molecule has 0 spiro atoms. The van der Waals surface area contributed by atoms with Crippen molar-refractivity contribution < 1.29 is 14.1 Å². The van der Waals surface area contributed by atoms with Gasteiger partial charge in [-0.1, -0.05) is 5.16 Å². The lowest BCUT2D eigenvalue weighted by molar-refractivity contribution is 0.0505. The summed E-state index contributed by atoms with van der Waals surface area (Å²) in [6.45, 7) is 8.14. The van der Waals surface area contributed by atoms with Crippen molar-refractivity contribution in [2.75, 3.05) is 0 Å². The molecule has 2 aromatic rings. The third-order valence-corrected chi connectivity index (χ3v) is 3.90. The highest BCUT2D eigenvalue weighted by Gasteiger charge is 2.27. The Hall–Kier alpha value is -2.38. The summed E-state index contributed by atoms with van der Waals surface area (Å²) in [6.07, 6.45) is 4.98. The van der Waals surface area contributed by atoms with Crippen LogP contribution in [0.25, 0.3) is 0 Å². The second kappa shape index (κ2) is 6.26. The number of aromatic nitrogens is 4. The van der Waals surface area contributed by atoms with Gasteiger partial charge in [0.05, 0.1) is 12.4 Å². The first-order valence-corrected chi connectivity index (χ1v) is 8.14. The summed E-state index contributed by atoms with van der Waals surface area (Å²) in [6, 6.07) is -0.383. The normalized spacial score (nSPS) is 18.8. The molecule has 1 N–H and O–H groups in total. The number of nitrogens with zero attached hydrogens (tertiary/aromatic N) is 4. The molecule has 130 valence electrons. The lowest BCUT2D eigenvalue weighted by Gasteiger charge is -2.21. The number of amides is 1. The highest BCUT2D eigenvalue weighted by atomic mass is 16.6. The minimum absolute atomic E-state index is 0.184. The Balaban J connectivity index is 1.62. The van der Waals surface area contributed by atoms with Crippen molar-refractivity contribution in [1.29, 1.82) is 0 Å². The number of fused-ring (bicyclic) bond motifs is 1. The zero-order valence-electron chi connectivity index (χ0n) is 14.4. The average molecular weight is 333 g/mol. The molecular weight excluding hydrogens is 310 g/mol. The lowest BCUT2D eigenvalue weighted by atomic mass is 9.96. The average Bonchev–Trinajstić information content (AvgIpc) is 3.13. The van der Waals surface area contributed by atoms with Gasteiger partial charge in [0.15, 0.2) is 5.82 Å². The maximum atomic E-state index is 11.8. The van der Waals surface area contributed by atoms with Crippen molar-refractivity contribution in [1.82, 2.24) is 25.0 Å². The Morgan fingerprint density at radius 1 is 1.50 bits per heavy atom. The van der Waals surface area contributed by atoms with Gasteiger partial charge in [-0.2, -0.15) is 4.98 Å². The highest BCUT2D eigenvalue weighted by Crippen LogP contribution is 2.28. The fourth-order valence-corrected chi connectivity index (χ4v) is 2.72. The summed E-state index contributed by atoms with van der Waals surface area (Å²) in [5.41, 5.74) is 0.628. The van der Waals surface area contributed by atoms with Crippen molar-refractivity contribution in [3.63, 3.8) is 0 Å². The predicted octanol–water partition coefficient (Wildman–Crippen LogP) is 2.58. The molecule has 3 heterocycles. The standard InChI is InChI=1S/C16H23N5O3/c1-10(18-15(22)23-16(2,3)4)13-19-14(24-20-13)11-5-6-21-9-17-8-12(21)7-11/h8-11H,5-7H2,1-4H3,(H,18,22)/t10-,11-/m0/s1. The molecule has 8 nitrogen and oxygen atoms in total. The van der Waals surface area contributed by atoms with E-state index in [0.717, 1.165) is 19.4 Å². The number of hydrogen-bond acceptors (Lipinski definition) is 6. The van der Waals surface area contributed by atoms with Crippen LogP contribution in [0.15, 0.2) is 17.0 Å². The molecule has 1 aliphatic rings. The topological polar surface area (TPSA) is 95.1 Å². The van der Waals surface area contributed by atoms with Crippen LogP contribution in [0.2, 0.25) is 0 Å². The van der Waals surface area contributed by atoms with E-state index < -0.39 is 11.7 Å². The van der Waals surface area contributed by atoms with Gasteiger partial charge in [0.25, 0.3) is 0 Å². The van der Waals surface area contributed by atoms with E-state index >= 15 is 0 Å². The summed E-state index contributed by atoms with van der Waals surface area (Å²) in [7, 11) is 0. The molecule has 8 heteroatoms. The molecule has 0 unspecified atom stereocenters. The highest BCUT2D eigenvalue weighted by molar-refractivity contribution is 5.68. The summed E-state index contributed by atoms with van der Waals surface area (Å²) >= 11 is 0. The van der Waals surface area contributed by atoms with Crippen molar-refractivity contribution in [3.05, 3.63) is 29.9 Å². The van der Waals surface area contributed by atoms with Crippen molar-refractivity contribution in [2.24, 2.45) is 0 Å². The van der Waals surface area contributed by atoms with Crippen LogP contribution >= 0.6 is 0 Å². The molecule has 2 aromatic heterocycles. The Morgan fingerprint density at radius 3 is 3.04 bits per heavy atom. The molecular formula is C16H23N5O3. The number of nitrogens with one attached hydrogen (secondary N) is 1. The second-order valence-electron chi connectivity index (χ2n) is 7.13. The van der Waals surface area contributed by atoms with Gasteiger partial charge in [-0.25, -0.2) is 9.78 Å². The number of alkyl carbamates (subject to hydrolysis) is 1. The molecule has 0 saturated heterocycles. The summed E-state index contributed by atoms with van der Waals surface area (Å²) in [5, 5.41) is 6.73. The SMILES string of the molecule is C[C@H](NC(=O)OC(C)(C)C)c1noc([C@H]2CCn3cncc3C2)n1. The Labute approximate surface area is 140 Å². The van der Waals surface area contributed by atoms with Gasteiger partial charge >= 0.3 is 6.09 Å². The molecule has 0 aliphatic carbocycles. The van der Waals surface area contributed by atoms with Crippen molar-refractivity contribution >= 4 is 6.09 Å². The van der Waals surface area contributed by atoms with E-state index in [1.807, 2.05) is 33.3 Å². The molecule has 2 atom stereocenters. The first-order chi connectivity index (χ1) is 11.3. The molecule has 0 saturated carbocycles. The third kappa shape index (κ3) is 3.74. The zero-order chi connectivity index (χ0) is 17.3. The van der Waals surface area contributed by atoms with Crippen LogP contribution in [-0.4, -0.2) is 31.4 Å². The molecule has 0 bridgehead atoms. The first-order valence-electron chi connectivity index (χ1n) is 8.14. The van der Waals surface area contributed by atoms with E-state index in [9.17, 15) is 4.79 Å². The molecule has 1 aliphatic heterocycles. The van der Waals surface area contributed by atoms with Crippen molar-refractivity contribution in [2.45, 2.75) is 64.6 Å².